The molecule has 0 spiro atoms. The summed E-state index contributed by atoms with van der Waals surface area (Å²) in [6, 6.07) is 5.75. The Bertz CT molecular complexity index is 473. The van der Waals surface area contributed by atoms with Crippen LogP contribution in [0, 0.1) is 11.8 Å². The number of hydrogen-bond donors (Lipinski definition) is 2. The Kier molecular flexibility index (Phi) is 4.35. The number of carbonyl (C=O) groups is 1. The van der Waals surface area contributed by atoms with Crippen molar-refractivity contribution in [1.29, 1.82) is 0 Å². The van der Waals surface area contributed by atoms with E-state index >= 15 is 0 Å². The zero-order valence-corrected chi connectivity index (χ0v) is 12.1. The van der Waals surface area contributed by atoms with Crippen molar-refractivity contribution in [3.05, 3.63) is 28.8 Å². The third-order valence-electron chi connectivity index (χ3n) is 3.66. The quantitative estimate of drug-likeness (QED) is 0.882. The number of hydrogen-bond acceptors (Lipinski definition) is 2. The molecule has 0 radical (unpaired) electrons. The van der Waals surface area contributed by atoms with Crippen LogP contribution in [0.15, 0.2) is 18.2 Å². The van der Waals surface area contributed by atoms with Crippen molar-refractivity contribution in [2.75, 3.05) is 5.32 Å². The maximum Gasteiger partial charge on any atom is 0.308 e. The zero-order valence-electron chi connectivity index (χ0n) is 11.3. The van der Waals surface area contributed by atoms with Gasteiger partial charge >= 0.3 is 5.97 Å². The average molecular weight is 282 g/mol. The summed E-state index contributed by atoms with van der Waals surface area (Å²) in [5.41, 5.74) is 2.20. The van der Waals surface area contributed by atoms with Crippen molar-refractivity contribution in [1.82, 2.24) is 0 Å². The molecule has 4 heteroatoms. The molecule has 0 fully saturated rings. The zero-order chi connectivity index (χ0) is 14.0. The average Bonchev–Trinajstić information content (AvgIpc) is 2.35. The minimum absolute atomic E-state index is 0.00794. The summed E-state index contributed by atoms with van der Waals surface area (Å²) in [6.07, 6.45) is 2.43. The smallest absolute Gasteiger partial charge is 0.308 e. The number of aryl methyl sites for hydroxylation is 1. The first-order valence-corrected chi connectivity index (χ1v) is 7.13. The Morgan fingerprint density at radius 2 is 2.26 bits per heavy atom. The number of benzene rings is 1. The van der Waals surface area contributed by atoms with Gasteiger partial charge in [0.05, 0.1) is 5.92 Å². The van der Waals surface area contributed by atoms with Gasteiger partial charge in [-0.15, -0.1) is 0 Å². The van der Waals surface area contributed by atoms with Gasteiger partial charge in [0.25, 0.3) is 0 Å². The van der Waals surface area contributed by atoms with Gasteiger partial charge in [-0.1, -0.05) is 25.4 Å². The van der Waals surface area contributed by atoms with Gasteiger partial charge in [0, 0.05) is 16.8 Å². The van der Waals surface area contributed by atoms with Crippen molar-refractivity contribution in [3.8, 4) is 0 Å². The Labute approximate surface area is 119 Å². The molecule has 0 aromatic heterocycles. The highest BCUT2D eigenvalue weighted by Crippen LogP contribution is 2.31. The molecule has 2 atom stereocenters. The van der Waals surface area contributed by atoms with Crippen molar-refractivity contribution in [3.63, 3.8) is 0 Å². The van der Waals surface area contributed by atoms with Crippen LogP contribution in [0.3, 0.4) is 0 Å². The van der Waals surface area contributed by atoms with Crippen LogP contribution in [-0.2, 0) is 11.2 Å². The number of fused-ring (bicyclic) bond motifs is 1. The second-order valence-corrected chi connectivity index (χ2v) is 6.10. The molecule has 2 unspecified atom stereocenters. The fourth-order valence-electron chi connectivity index (χ4n) is 2.74. The number of aliphatic carboxylic acids is 1. The number of halogens is 1. The van der Waals surface area contributed by atoms with Crippen LogP contribution in [0.25, 0.3) is 0 Å². The van der Waals surface area contributed by atoms with E-state index in [0.717, 1.165) is 23.6 Å². The molecule has 104 valence electrons. The number of nitrogens with one attached hydrogen (secondary N) is 1. The molecule has 2 rings (SSSR count). The van der Waals surface area contributed by atoms with Crippen molar-refractivity contribution < 1.29 is 9.90 Å². The number of carboxylic acid groups (broad SMARTS) is 1. The van der Waals surface area contributed by atoms with E-state index in [1.165, 1.54) is 5.56 Å². The van der Waals surface area contributed by atoms with Gasteiger partial charge in [0.2, 0.25) is 0 Å². The minimum Gasteiger partial charge on any atom is -0.481 e. The van der Waals surface area contributed by atoms with Gasteiger partial charge in [-0.05, 0) is 48.9 Å². The van der Waals surface area contributed by atoms with Crippen LogP contribution >= 0.6 is 11.6 Å². The van der Waals surface area contributed by atoms with Gasteiger partial charge in [0.15, 0.2) is 0 Å². The topological polar surface area (TPSA) is 49.3 Å². The van der Waals surface area contributed by atoms with Crippen molar-refractivity contribution in [2.24, 2.45) is 11.8 Å². The normalized spacial score (nSPS) is 19.7. The molecular weight excluding hydrogens is 262 g/mol. The number of carboxylic acids is 1. The molecule has 1 aromatic carbocycles. The van der Waals surface area contributed by atoms with Crippen LogP contribution in [0.2, 0.25) is 5.02 Å². The van der Waals surface area contributed by atoms with Crippen LogP contribution in [0.1, 0.15) is 32.3 Å². The third-order valence-corrected chi connectivity index (χ3v) is 3.90. The molecule has 0 saturated carbocycles. The first kappa shape index (κ1) is 14.2. The number of rotatable bonds is 4. The second kappa shape index (κ2) is 5.83. The highest BCUT2D eigenvalue weighted by molar-refractivity contribution is 6.30. The predicted molar refractivity (Wildman–Crippen MR) is 77.8 cm³/mol. The van der Waals surface area contributed by atoms with E-state index in [0.29, 0.717) is 12.3 Å². The monoisotopic (exact) mass is 281 g/mol. The van der Waals surface area contributed by atoms with E-state index in [4.69, 9.17) is 11.6 Å². The Morgan fingerprint density at radius 1 is 1.53 bits per heavy atom. The van der Waals surface area contributed by atoms with Gasteiger partial charge in [-0.2, -0.15) is 0 Å². The Balaban J connectivity index is 2.15. The van der Waals surface area contributed by atoms with Crippen molar-refractivity contribution >= 4 is 23.3 Å². The van der Waals surface area contributed by atoms with Crippen molar-refractivity contribution in [2.45, 2.75) is 39.2 Å². The molecule has 1 aliphatic rings. The van der Waals surface area contributed by atoms with Crippen LogP contribution in [0.5, 0.6) is 0 Å². The third kappa shape index (κ3) is 3.41. The molecular formula is C15H20ClNO2. The molecule has 0 amide bonds. The predicted octanol–water partition coefficient (Wildman–Crippen LogP) is 3.81. The molecule has 1 aromatic rings. The Hall–Kier alpha value is -1.22. The minimum atomic E-state index is -0.705. The van der Waals surface area contributed by atoms with Crippen LogP contribution in [-0.4, -0.2) is 17.1 Å². The van der Waals surface area contributed by atoms with Gasteiger partial charge in [-0.3, -0.25) is 4.79 Å². The summed E-state index contributed by atoms with van der Waals surface area (Å²) >= 11 is 5.97. The van der Waals surface area contributed by atoms with E-state index in [1.54, 1.807) is 0 Å². The molecule has 1 aliphatic heterocycles. The lowest BCUT2D eigenvalue weighted by Crippen LogP contribution is -2.38. The Morgan fingerprint density at radius 3 is 2.89 bits per heavy atom. The summed E-state index contributed by atoms with van der Waals surface area (Å²) in [4.78, 5) is 11.4. The largest absolute Gasteiger partial charge is 0.481 e. The van der Waals surface area contributed by atoms with E-state index in [1.807, 2.05) is 18.2 Å². The standard InChI is InChI=1S/C15H20ClNO2/c1-9(2)7-12(15(18)19)14-5-3-10-8-11(16)4-6-13(10)17-14/h4,6,8-9,12,14,17H,3,5,7H2,1-2H3,(H,18,19). The van der Waals surface area contributed by atoms with E-state index < -0.39 is 5.97 Å². The van der Waals surface area contributed by atoms with E-state index in [9.17, 15) is 9.90 Å². The van der Waals surface area contributed by atoms with Gasteiger partial charge < -0.3 is 10.4 Å². The lowest BCUT2D eigenvalue weighted by molar-refractivity contribution is -0.142. The summed E-state index contributed by atoms with van der Waals surface area (Å²) in [5.74, 6) is -0.651. The SMILES string of the molecule is CC(C)CC(C(=O)O)C1CCc2cc(Cl)ccc2N1. The van der Waals surface area contributed by atoms with E-state index in [2.05, 4.69) is 19.2 Å². The summed E-state index contributed by atoms with van der Waals surface area (Å²) in [6.45, 7) is 4.12. The first-order chi connectivity index (χ1) is 8.97. The van der Waals surface area contributed by atoms with Gasteiger partial charge in [0.1, 0.15) is 0 Å². The highest BCUT2D eigenvalue weighted by Gasteiger charge is 2.31. The molecule has 3 nitrogen and oxygen atoms in total. The van der Waals surface area contributed by atoms with Crippen LogP contribution in [0.4, 0.5) is 5.69 Å². The molecule has 1 heterocycles. The molecule has 2 N–H and O–H groups in total. The molecule has 0 saturated heterocycles. The molecule has 19 heavy (non-hydrogen) atoms. The fraction of sp³-hybridized carbons (Fsp3) is 0.533. The maximum atomic E-state index is 11.4. The molecule has 0 aliphatic carbocycles. The lowest BCUT2D eigenvalue weighted by atomic mass is 9.84. The summed E-state index contributed by atoms with van der Waals surface area (Å²) in [5, 5.41) is 13.5. The highest BCUT2D eigenvalue weighted by atomic mass is 35.5. The summed E-state index contributed by atoms with van der Waals surface area (Å²) in [7, 11) is 0. The fourth-order valence-corrected chi connectivity index (χ4v) is 2.93. The van der Waals surface area contributed by atoms with Crippen LogP contribution < -0.4 is 5.32 Å². The number of anilines is 1. The molecule has 0 bridgehead atoms. The first-order valence-electron chi connectivity index (χ1n) is 6.75. The second-order valence-electron chi connectivity index (χ2n) is 5.67. The van der Waals surface area contributed by atoms with Gasteiger partial charge in [-0.25, -0.2) is 0 Å². The summed E-state index contributed by atoms with van der Waals surface area (Å²) < 4.78 is 0. The lowest BCUT2D eigenvalue weighted by Gasteiger charge is -2.32. The van der Waals surface area contributed by atoms with E-state index in [-0.39, 0.29) is 12.0 Å². The maximum absolute atomic E-state index is 11.4.